The molecule has 1 saturated heterocycles. The molecule has 39 heavy (non-hydrogen) atoms. The number of anilines is 2. The van der Waals surface area contributed by atoms with Gasteiger partial charge in [0.05, 0.1) is 36.6 Å². The summed E-state index contributed by atoms with van der Waals surface area (Å²) >= 11 is 0. The quantitative estimate of drug-likeness (QED) is 0.229. The van der Waals surface area contributed by atoms with Crippen LogP contribution in [-0.4, -0.2) is 75.0 Å². The van der Waals surface area contributed by atoms with Gasteiger partial charge >= 0.3 is 6.18 Å². The summed E-state index contributed by atoms with van der Waals surface area (Å²) in [7, 11) is 4.83. The van der Waals surface area contributed by atoms with Gasteiger partial charge in [-0.1, -0.05) is 12.0 Å². The number of rotatable bonds is 7. The van der Waals surface area contributed by atoms with Crippen LogP contribution in [0.15, 0.2) is 42.5 Å². The lowest BCUT2D eigenvalue weighted by Crippen LogP contribution is -2.46. The zero-order valence-electron chi connectivity index (χ0n) is 22.1. The predicted molar refractivity (Wildman–Crippen MR) is 146 cm³/mol. The van der Waals surface area contributed by atoms with E-state index >= 15 is 0 Å². The van der Waals surface area contributed by atoms with Gasteiger partial charge in [-0.25, -0.2) is 4.39 Å². The minimum absolute atomic E-state index is 0.134. The third-order valence-corrected chi connectivity index (χ3v) is 6.31. The van der Waals surface area contributed by atoms with Gasteiger partial charge < -0.3 is 30.6 Å². The zero-order valence-corrected chi connectivity index (χ0v) is 22.1. The normalized spacial score (nSPS) is 17.4. The van der Waals surface area contributed by atoms with Crippen molar-refractivity contribution in [3.05, 3.63) is 53.7 Å². The van der Waals surface area contributed by atoms with E-state index in [1.165, 1.54) is 14.2 Å². The Labute approximate surface area is 225 Å². The molecule has 210 valence electrons. The number of nitrogens with one attached hydrogen (secondary N) is 2. The van der Waals surface area contributed by atoms with Crippen LogP contribution in [0, 0.1) is 11.8 Å². The maximum atomic E-state index is 14.6. The van der Waals surface area contributed by atoms with Crippen LogP contribution in [0.5, 0.6) is 5.75 Å². The molecule has 3 aromatic rings. The van der Waals surface area contributed by atoms with Crippen molar-refractivity contribution in [2.75, 3.05) is 51.5 Å². The zero-order chi connectivity index (χ0) is 28.6. The van der Waals surface area contributed by atoms with E-state index < -0.39 is 24.9 Å². The van der Waals surface area contributed by atoms with Gasteiger partial charge in [0.2, 0.25) is 0 Å². The van der Waals surface area contributed by atoms with Crippen molar-refractivity contribution in [2.24, 2.45) is 5.73 Å². The predicted octanol–water partition coefficient (Wildman–Crippen LogP) is 4.52. The lowest BCUT2D eigenvalue weighted by molar-refractivity contribution is -0.140. The Balaban J connectivity index is 0.00000205. The minimum atomic E-state index is -4.45. The number of fused-ring (bicyclic) bond motifs is 1. The van der Waals surface area contributed by atoms with Crippen molar-refractivity contribution in [3.8, 4) is 17.6 Å². The van der Waals surface area contributed by atoms with Crippen molar-refractivity contribution in [1.82, 2.24) is 9.47 Å². The van der Waals surface area contributed by atoms with Crippen molar-refractivity contribution < 1.29 is 27.1 Å². The van der Waals surface area contributed by atoms with E-state index in [0.29, 0.717) is 52.8 Å². The third-order valence-electron chi connectivity index (χ3n) is 6.31. The number of hydrogen-bond acceptors (Lipinski definition) is 6. The van der Waals surface area contributed by atoms with E-state index in [2.05, 4.69) is 28.2 Å². The summed E-state index contributed by atoms with van der Waals surface area (Å²) in [6.45, 7) is -0.0302. The van der Waals surface area contributed by atoms with Gasteiger partial charge in [0.1, 0.15) is 24.8 Å². The first-order valence-corrected chi connectivity index (χ1v) is 12.4. The number of nitrogens with zero attached hydrogens (tertiary/aromatic N) is 2. The summed E-state index contributed by atoms with van der Waals surface area (Å²) in [5, 5.41) is 6.83. The van der Waals surface area contributed by atoms with E-state index in [1.807, 2.05) is 11.9 Å². The summed E-state index contributed by atoms with van der Waals surface area (Å²) in [4.78, 5) is 12.9. The summed E-state index contributed by atoms with van der Waals surface area (Å²) in [6.07, 6.45) is -4.24. The van der Waals surface area contributed by atoms with Crippen LogP contribution < -0.4 is 21.1 Å². The van der Waals surface area contributed by atoms with Crippen LogP contribution in [0.4, 0.5) is 28.9 Å². The minimum Gasteiger partial charge on any atom is -0.495 e. The topological polar surface area (TPSA) is 84.5 Å². The highest BCUT2D eigenvalue weighted by Gasteiger charge is 2.31. The molecule has 2 atom stereocenters. The number of carbonyl (C=O) groups excluding carboxylic acids is 1. The van der Waals surface area contributed by atoms with Gasteiger partial charge in [0, 0.05) is 29.7 Å². The molecule has 11 heteroatoms. The lowest BCUT2D eigenvalue weighted by atomic mass is 10.0. The van der Waals surface area contributed by atoms with Crippen molar-refractivity contribution in [3.63, 3.8) is 0 Å². The van der Waals surface area contributed by atoms with E-state index in [4.69, 9.17) is 4.74 Å². The van der Waals surface area contributed by atoms with Crippen molar-refractivity contribution >= 4 is 28.6 Å². The number of carbonyl (C=O) groups is 1. The number of alkyl halides is 4. The molecule has 4 rings (SSSR count). The molecule has 1 aliphatic rings. The second kappa shape index (κ2) is 13.4. The molecule has 4 N–H and O–H groups in total. The number of halogens is 4. The van der Waals surface area contributed by atoms with Crippen molar-refractivity contribution in [2.45, 2.75) is 31.4 Å². The second-order valence-electron chi connectivity index (χ2n) is 9.02. The molecule has 2 aromatic carbocycles. The van der Waals surface area contributed by atoms with Gasteiger partial charge in [-0.3, -0.25) is 4.79 Å². The molecular formula is C28H33F4N5O2. The van der Waals surface area contributed by atoms with Gasteiger partial charge in [-0.2, -0.15) is 13.2 Å². The number of nitrogens with two attached hydrogens (primary N) is 1. The third kappa shape index (κ3) is 7.65. The molecule has 1 aromatic heterocycles. The number of aromatic nitrogens is 1. The molecule has 0 saturated carbocycles. The summed E-state index contributed by atoms with van der Waals surface area (Å²) in [5.74, 6) is 6.17. The largest absolute Gasteiger partial charge is 0.495 e. The average molecular weight is 548 g/mol. The number of benzene rings is 2. The van der Waals surface area contributed by atoms with Crippen LogP contribution in [0.3, 0.4) is 0 Å². The monoisotopic (exact) mass is 547 g/mol. The van der Waals surface area contributed by atoms with E-state index in [1.54, 1.807) is 42.5 Å². The molecule has 0 radical (unpaired) electrons. The van der Waals surface area contributed by atoms with E-state index in [0.717, 1.165) is 11.1 Å². The highest BCUT2D eigenvalue weighted by atomic mass is 19.4. The fourth-order valence-electron chi connectivity index (χ4n) is 4.48. The summed E-state index contributed by atoms with van der Waals surface area (Å²) < 4.78 is 61.4. The molecule has 7 nitrogen and oxygen atoms in total. The fourth-order valence-corrected chi connectivity index (χ4v) is 4.48. The maximum absolute atomic E-state index is 14.6. The molecule has 2 unspecified atom stereocenters. The summed E-state index contributed by atoms with van der Waals surface area (Å²) in [6, 6.07) is 11.1. The Kier molecular flexibility index (Phi) is 10.2. The van der Waals surface area contributed by atoms with Gasteiger partial charge in [-0.15, -0.1) is 0 Å². The van der Waals surface area contributed by atoms with Crippen LogP contribution in [0.2, 0.25) is 0 Å². The highest BCUT2D eigenvalue weighted by molar-refractivity contribution is 5.94. The van der Waals surface area contributed by atoms with Gasteiger partial charge in [0.15, 0.2) is 0 Å². The van der Waals surface area contributed by atoms with E-state index in [-0.39, 0.29) is 12.2 Å². The molecule has 2 heterocycles. The average Bonchev–Trinajstić information content (AvgIpc) is 3.26. The Morgan fingerprint density at radius 2 is 1.95 bits per heavy atom. The number of piperidine rings is 1. The number of ether oxygens (including phenoxy) is 1. The van der Waals surface area contributed by atoms with Crippen LogP contribution in [0.25, 0.3) is 10.9 Å². The highest BCUT2D eigenvalue weighted by Crippen LogP contribution is 2.31. The molecular weight excluding hydrogens is 514 g/mol. The number of methoxy groups -OCH3 is 1. The van der Waals surface area contributed by atoms with Crippen LogP contribution in [-0.2, 0) is 6.54 Å². The lowest BCUT2D eigenvalue weighted by Gasteiger charge is -2.33. The SMILES string of the molecule is CN.COc1cc(C=O)ccc1NCC#Cc1cc2c(NC3CCN(C)CC3F)cccc2n1CC(F)(F)F. The maximum Gasteiger partial charge on any atom is 0.406 e. The van der Waals surface area contributed by atoms with Gasteiger partial charge in [0.25, 0.3) is 0 Å². The van der Waals surface area contributed by atoms with E-state index in [9.17, 15) is 22.4 Å². The van der Waals surface area contributed by atoms with Crippen molar-refractivity contribution in [1.29, 1.82) is 0 Å². The number of aldehydes is 1. The molecule has 0 amide bonds. The molecule has 1 fully saturated rings. The molecule has 0 aliphatic carbocycles. The molecule has 1 aliphatic heterocycles. The molecule has 0 spiro atoms. The van der Waals surface area contributed by atoms with Gasteiger partial charge in [-0.05, 0) is 62.8 Å². The first kappa shape index (κ1) is 29.8. The van der Waals surface area contributed by atoms with Crippen LogP contribution >= 0.6 is 0 Å². The van der Waals surface area contributed by atoms with Crippen LogP contribution in [0.1, 0.15) is 22.5 Å². The first-order valence-electron chi connectivity index (χ1n) is 12.4. The Morgan fingerprint density at radius 1 is 1.18 bits per heavy atom. The summed E-state index contributed by atoms with van der Waals surface area (Å²) in [5.41, 5.74) is 6.70. The number of likely N-dealkylation sites (tertiary alicyclic amines) is 1. The standard InChI is InChI=1S/C27H28F4N4O2.CH5N/c1-34-12-10-23(21(28)15-34)33-22-6-3-7-25-20(22)14-19(35(25)17-27(29,30)31)5-4-11-32-24-9-8-18(16-36)13-26(24)37-2;1-2/h3,6-9,13-14,16,21,23,32-33H,10-12,15,17H2,1-2H3;2H2,1H3. The fraction of sp³-hybridized carbons (Fsp3) is 0.393. The Hall–Kier alpha value is -3.75. The Bertz CT molecular complexity index is 1330. The Morgan fingerprint density at radius 3 is 2.62 bits per heavy atom. The number of hydrogen-bond donors (Lipinski definition) is 3. The second-order valence-corrected chi connectivity index (χ2v) is 9.02. The molecule has 0 bridgehead atoms. The smallest absolute Gasteiger partial charge is 0.406 e. The first-order chi connectivity index (χ1) is 18.7.